The standard InChI is InChI=1S/C25H22Cl2N6O3/c1-33-22-14(11-16(23(33)34)21-17(26)3-2-4-18(21)27)12-28-24(30-22)29-19-5-6-20(32-31-19)36-25(8-9-25)15-7-10-35-13-15/h2-6,11-12,15H,7-10,13H2,1H3,(H,28,29,30,31)/t15-/m1/s1. The van der Waals surface area contributed by atoms with E-state index in [0.717, 1.165) is 32.5 Å². The number of aromatic nitrogens is 5. The first kappa shape index (κ1) is 23.1. The third kappa shape index (κ3) is 4.17. The molecule has 0 amide bonds. The molecule has 0 unspecified atom stereocenters. The first-order valence-corrected chi connectivity index (χ1v) is 12.4. The lowest BCUT2D eigenvalue weighted by molar-refractivity contribution is 0.0864. The smallest absolute Gasteiger partial charge is 0.259 e. The van der Waals surface area contributed by atoms with Crippen LogP contribution in [0.3, 0.4) is 0 Å². The first-order valence-electron chi connectivity index (χ1n) is 11.6. The highest BCUT2D eigenvalue weighted by molar-refractivity contribution is 6.39. The molecule has 36 heavy (non-hydrogen) atoms. The van der Waals surface area contributed by atoms with Gasteiger partial charge in [-0.2, -0.15) is 4.98 Å². The van der Waals surface area contributed by atoms with Crippen LogP contribution in [0.1, 0.15) is 19.3 Å². The first-order chi connectivity index (χ1) is 17.4. The van der Waals surface area contributed by atoms with Gasteiger partial charge < -0.3 is 14.8 Å². The van der Waals surface area contributed by atoms with Gasteiger partial charge in [0.25, 0.3) is 5.56 Å². The summed E-state index contributed by atoms with van der Waals surface area (Å²) >= 11 is 12.7. The Balaban J connectivity index is 1.24. The molecular weight excluding hydrogens is 503 g/mol. The minimum atomic E-state index is -0.273. The molecule has 1 atom stereocenters. The second kappa shape index (κ2) is 8.99. The van der Waals surface area contributed by atoms with Gasteiger partial charge in [-0.3, -0.25) is 9.36 Å². The van der Waals surface area contributed by atoms with Gasteiger partial charge in [0.1, 0.15) is 11.2 Å². The summed E-state index contributed by atoms with van der Waals surface area (Å²) in [4.78, 5) is 22.0. The molecule has 6 rings (SSSR count). The van der Waals surface area contributed by atoms with E-state index in [4.69, 9.17) is 32.7 Å². The summed E-state index contributed by atoms with van der Waals surface area (Å²) in [7, 11) is 1.64. The molecule has 0 radical (unpaired) electrons. The van der Waals surface area contributed by atoms with E-state index in [2.05, 4.69) is 25.5 Å². The number of nitrogens with zero attached hydrogens (tertiary/aromatic N) is 5. The van der Waals surface area contributed by atoms with Crippen molar-refractivity contribution in [2.45, 2.75) is 24.9 Å². The summed E-state index contributed by atoms with van der Waals surface area (Å²) in [5, 5.41) is 12.9. The number of ether oxygens (including phenoxy) is 2. The van der Waals surface area contributed by atoms with Gasteiger partial charge in [-0.1, -0.05) is 29.3 Å². The van der Waals surface area contributed by atoms with Crippen LogP contribution in [0.5, 0.6) is 5.88 Å². The highest BCUT2D eigenvalue weighted by Crippen LogP contribution is 2.48. The molecule has 4 heterocycles. The Morgan fingerprint density at radius 3 is 2.64 bits per heavy atom. The lowest BCUT2D eigenvalue weighted by Crippen LogP contribution is -2.30. The maximum atomic E-state index is 13.1. The summed E-state index contributed by atoms with van der Waals surface area (Å²) in [6.07, 6.45) is 4.67. The van der Waals surface area contributed by atoms with Crippen LogP contribution in [0, 0.1) is 5.92 Å². The molecule has 1 saturated carbocycles. The van der Waals surface area contributed by atoms with Gasteiger partial charge in [0.05, 0.1) is 22.2 Å². The second-order valence-electron chi connectivity index (χ2n) is 9.10. The summed E-state index contributed by atoms with van der Waals surface area (Å²) in [5.41, 5.74) is 0.872. The van der Waals surface area contributed by atoms with Gasteiger partial charge in [0.2, 0.25) is 11.8 Å². The minimum absolute atomic E-state index is 0.167. The molecule has 1 aromatic carbocycles. The third-order valence-electron chi connectivity index (χ3n) is 6.78. The van der Waals surface area contributed by atoms with Gasteiger partial charge in [-0.25, -0.2) is 4.98 Å². The summed E-state index contributed by atoms with van der Waals surface area (Å²) < 4.78 is 13.1. The van der Waals surface area contributed by atoms with Gasteiger partial charge >= 0.3 is 0 Å². The van der Waals surface area contributed by atoms with Gasteiger partial charge in [-0.15, -0.1) is 10.2 Å². The van der Waals surface area contributed by atoms with Crippen LogP contribution in [-0.2, 0) is 11.8 Å². The molecule has 1 N–H and O–H groups in total. The number of pyridine rings is 1. The number of rotatable bonds is 6. The van der Waals surface area contributed by atoms with Crippen molar-refractivity contribution in [3.8, 4) is 17.0 Å². The van der Waals surface area contributed by atoms with Crippen LogP contribution in [0.25, 0.3) is 22.2 Å². The van der Waals surface area contributed by atoms with Crippen molar-refractivity contribution in [3.63, 3.8) is 0 Å². The van der Waals surface area contributed by atoms with Crippen LogP contribution >= 0.6 is 23.2 Å². The van der Waals surface area contributed by atoms with E-state index < -0.39 is 0 Å². The number of anilines is 2. The van der Waals surface area contributed by atoms with Crippen LogP contribution in [0.15, 0.2) is 47.4 Å². The average Bonchev–Trinajstić information content (AvgIpc) is 3.42. The van der Waals surface area contributed by atoms with Crippen molar-refractivity contribution in [3.05, 3.63) is 63.0 Å². The number of fused-ring (bicyclic) bond motifs is 1. The highest BCUT2D eigenvalue weighted by Gasteiger charge is 2.53. The molecule has 9 nitrogen and oxygen atoms in total. The van der Waals surface area contributed by atoms with Crippen molar-refractivity contribution in [1.29, 1.82) is 0 Å². The highest BCUT2D eigenvalue weighted by atomic mass is 35.5. The largest absolute Gasteiger partial charge is 0.470 e. The van der Waals surface area contributed by atoms with Crippen LogP contribution in [-0.4, -0.2) is 43.5 Å². The predicted molar refractivity (Wildman–Crippen MR) is 137 cm³/mol. The third-order valence-corrected chi connectivity index (χ3v) is 7.41. The molecule has 2 aliphatic rings. The Bertz CT molecular complexity index is 1500. The van der Waals surface area contributed by atoms with Gasteiger partial charge in [-0.05, 0) is 43.5 Å². The normalized spacial score (nSPS) is 18.4. The zero-order valence-corrected chi connectivity index (χ0v) is 20.9. The molecule has 3 aromatic heterocycles. The number of halogens is 2. The zero-order valence-electron chi connectivity index (χ0n) is 19.4. The molecule has 0 spiro atoms. The molecule has 4 aromatic rings. The summed E-state index contributed by atoms with van der Waals surface area (Å²) in [6, 6.07) is 10.4. The fraction of sp³-hybridized carbons (Fsp3) is 0.320. The molecule has 2 fully saturated rings. The topological polar surface area (TPSA) is 104 Å². The Kier molecular flexibility index (Phi) is 5.78. The minimum Gasteiger partial charge on any atom is -0.470 e. The number of benzene rings is 1. The maximum Gasteiger partial charge on any atom is 0.259 e. The van der Waals surface area contributed by atoms with Crippen LogP contribution in [0.4, 0.5) is 11.8 Å². The predicted octanol–water partition coefficient (Wildman–Crippen LogP) is 4.78. The van der Waals surface area contributed by atoms with E-state index >= 15 is 0 Å². The summed E-state index contributed by atoms with van der Waals surface area (Å²) in [5.74, 6) is 1.63. The van der Waals surface area contributed by atoms with E-state index in [9.17, 15) is 4.79 Å². The van der Waals surface area contributed by atoms with Crippen LogP contribution in [0.2, 0.25) is 10.0 Å². The lowest BCUT2D eigenvalue weighted by Gasteiger charge is -2.22. The fourth-order valence-electron chi connectivity index (χ4n) is 4.67. The number of hydrogen-bond donors (Lipinski definition) is 1. The molecule has 1 aliphatic carbocycles. The lowest BCUT2D eigenvalue weighted by atomic mass is 9.99. The Hall–Kier alpha value is -3.27. The summed E-state index contributed by atoms with van der Waals surface area (Å²) in [6.45, 7) is 1.53. The van der Waals surface area contributed by atoms with E-state index in [-0.39, 0.29) is 17.1 Å². The van der Waals surface area contributed by atoms with Crippen molar-refractivity contribution in [2.24, 2.45) is 13.0 Å². The molecule has 0 bridgehead atoms. The second-order valence-corrected chi connectivity index (χ2v) is 9.91. The Morgan fingerprint density at radius 2 is 1.97 bits per heavy atom. The average molecular weight is 525 g/mol. The molecule has 1 saturated heterocycles. The SMILES string of the molecule is Cn1c(=O)c(-c2c(Cl)cccc2Cl)cc2cnc(Nc3ccc(OC4([C@@H]5CCOC5)CC4)nn3)nc21. The molecular formula is C25H22Cl2N6O3. The van der Waals surface area contributed by atoms with E-state index in [1.165, 1.54) is 4.57 Å². The van der Waals surface area contributed by atoms with Crippen LogP contribution < -0.4 is 15.6 Å². The molecule has 11 heteroatoms. The quantitative estimate of drug-likeness (QED) is 0.384. The van der Waals surface area contributed by atoms with E-state index in [1.807, 2.05) is 0 Å². The molecule has 1 aliphatic heterocycles. The Morgan fingerprint density at radius 1 is 1.17 bits per heavy atom. The Labute approximate surface area is 216 Å². The number of hydrogen-bond acceptors (Lipinski definition) is 8. The van der Waals surface area contributed by atoms with Crippen molar-refractivity contribution in [1.82, 2.24) is 24.7 Å². The monoisotopic (exact) mass is 524 g/mol. The number of aryl methyl sites for hydroxylation is 1. The van der Waals surface area contributed by atoms with Crippen molar-refractivity contribution in [2.75, 3.05) is 18.5 Å². The fourth-order valence-corrected chi connectivity index (χ4v) is 5.27. The number of nitrogens with one attached hydrogen (secondary N) is 1. The van der Waals surface area contributed by atoms with E-state index in [0.29, 0.717) is 49.8 Å². The van der Waals surface area contributed by atoms with Gasteiger partial charge in [0, 0.05) is 42.8 Å². The molecule has 184 valence electrons. The van der Waals surface area contributed by atoms with Gasteiger partial charge in [0.15, 0.2) is 5.82 Å². The van der Waals surface area contributed by atoms with Crippen molar-refractivity contribution >= 4 is 46.0 Å². The zero-order chi connectivity index (χ0) is 24.9. The van der Waals surface area contributed by atoms with E-state index in [1.54, 1.807) is 49.6 Å². The van der Waals surface area contributed by atoms with Crippen molar-refractivity contribution < 1.29 is 9.47 Å². The maximum absolute atomic E-state index is 13.1.